The fourth-order valence-electron chi connectivity index (χ4n) is 3.84. The third-order valence-electron chi connectivity index (χ3n) is 5.56. The summed E-state index contributed by atoms with van der Waals surface area (Å²) in [4.78, 5) is 17.6. The van der Waals surface area contributed by atoms with Crippen LogP contribution in [-0.4, -0.2) is 35.4 Å². The Morgan fingerprint density at radius 1 is 1.00 bits per heavy atom. The van der Waals surface area contributed by atoms with Gasteiger partial charge in [0.15, 0.2) is 0 Å². The number of hydrogen-bond acceptors (Lipinski definition) is 5. The van der Waals surface area contributed by atoms with Gasteiger partial charge in [-0.15, -0.1) is 10.2 Å². The minimum atomic E-state index is -0.169. The fraction of sp³-hybridized carbons (Fsp3) is 0.348. The molecule has 1 aromatic heterocycles. The van der Waals surface area contributed by atoms with E-state index in [1.807, 2.05) is 24.3 Å². The molecule has 1 saturated heterocycles. The summed E-state index contributed by atoms with van der Waals surface area (Å²) in [6.07, 6.45) is 3.74. The van der Waals surface area contributed by atoms with Gasteiger partial charge in [-0.3, -0.25) is 9.78 Å². The number of rotatable bonds is 6. The Hall–Kier alpha value is -3.15. The van der Waals surface area contributed by atoms with Gasteiger partial charge >= 0.3 is 0 Å². The third kappa shape index (κ3) is 4.83. The molecule has 0 bridgehead atoms. The van der Waals surface area contributed by atoms with E-state index in [0.717, 1.165) is 43.7 Å². The van der Waals surface area contributed by atoms with Crippen molar-refractivity contribution in [2.75, 3.05) is 25.1 Å². The van der Waals surface area contributed by atoms with Crippen LogP contribution in [0.4, 0.5) is 5.95 Å². The maximum Gasteiger partial charge on any atom is 0.274 e. The normalized spacial score (nSPS) is 14.7. The van der Waals surface area contributed by atoms with Crippen molar-refractivity contribution < 1.29 is 4.74 Å². The second-order valence-corrected chi connectivity index (χ2v) is 7.57. The summed E-state index contributed by atoms with van der Waals surface area (Å²) in [5.41, 5.74) is 2.65. The molecule has 0 saturated carbocycles. The van der Waals surface area contributed by atoms with Gasteiger partial charge < -0.3 is 9.64 Å². The highest BCUT2D eigenvalue weighted by molar-refractivity contribution is 5.31. The van der Waals surface area contributed by atoms with Crippen molar-refractivity contribution in [2.45, 2.75) is 25.7 Å². The average molecular weight is 390 g/mol. The summed E-state index contributed by atoms with van der Waals surface area (Å²) in [7, 11) is 1.63. The number of H-pyrrole nitrogens is 1. The fourth-order valence-corrected chi connectivity index (χ4v) is 3.84. The van der Waals surface area contributed by atoms with Crippen LogP contribution in [0.2, 0.25) is 0 Å². The van der Waals surface area contributed by atoms with Crippen LogP contribution in [0, 0.1) is 5.92 Å². The number of benzene rings is 2. The highest BCUT2D eigenvalue weighted by Crippen LogP contribution is 2.23. The summed E-state index contributed by atoms with van der Waals surface area (Å²) >= 11 is 0. The quantitative estimate of drug-likeness (QED) is 0.700. The van der Waals surface area contributed by atoms with Crippen molar-refractivity contribution >= 4 is 5.95 Å². The molecule has 29 heavy (non-hydrogen) atoms. The zero-order valence-electron chi connectivity index (χ0n) is 16.7. The van der Waals surface area contributed by atoms with E-state index in [2.05, 4.69) is 50.4 Å². The van der Waals surface area contributed by atoms with Gasteiger partial charge in [-0.1, -0.05) is 42.5 Å². The van der Waals surface area contributed by atoms with E-state index in [9.17, 15) is 4.79 Å². The highest BCUT2D eigenvalue weighted by Gasteiger charge is 2.21. The van der Waals surface area contributed by atoms with Crippen LogP contribution < -0.4 is 15.2 Å². The molecular weight excluding hydrogens is 364 g/mol. The number of anilines is 1. The van der Waals surface area contributed by atoms with Crippen molar-refractivity contribution in [3.05, 3.63) is 81.8 Å². The lowest BCUT2D eigenvalue weighted by atomic mass is 9.90. The van der Waals surface area contributed by atoms with Crippen LogP contribution in [0.25, 0.3) is 0 Å². The van der Waals surface area contributed by atoms with Crippen molar-refractivity contribution in [1.29, 1.82) is 0 Å². The van der Waals surface area contributed by atoms with E-state index in [1.54, 1.807) is 7.11 Å². The van der Waals surface area contributed by atoms with Crippen LogP contribution in [-0.2, 0) is 12.8 Å². The molecule has 3 aromatic rings. The molecule has 1 aliphatic heterocycles. The van der Waals surface area contributed by atoms with Crippen molar-refractivity contribution in [3.8, 4) is 5.75 Å². The van der Waals surface area contributed by atoms with Crippen LogP contribution in [0.5, 0.6) is 5.75 Å². The number of aromatic amines is 1. The smallest absolute Gasteiger partial charge is 0.274 e. The summed E-state index contributed by atoms with van der Waals surface area (Å²) in [5.74, 6) is 2.04. The van der Waals surface area contributed by atoms with E-state index in [4.69, 9.17) is 4.74 Å². The average Bonchev–Trinajstić information content (AvgIpc) is 2.77. The predicted molar refractivity (Wildman–Crippen MR) is 114 cm³/mol. The third-order valence-corrected chi connectivity index (χ3v) is 5.56. The molecule has 1 fully saturated rings. The predicted octanol–water partition coefficient (Wildman–Crippen LogP) is 3.22. The second kappa shape index (κ2) is 8.90. The molecule has 1 N–H and O–H groups in total. The molecule has 0 aliphatic carbocycles. The number of nitrogens with one attached hydrogen (secondary N) is 1. The molecule has 0 radical (unpaired) electrons. The molecule has 1 aliphatic rings. The number of aromatic nitrogens is 3. The molecule has 150 valence electrons. The Labute approximate surface area is 170 Å². The lowest BCUT2D eigenvalue weighted by Gasteiger charge is -2.32. The van der Waals surface area contributed by atoms with E-state index in [1.165, 1.54) is 5.56 Å². The first-order valence-corrected chi connectivity index (χ1v) is 10.1. The topological polar surface area (TPSA) is 71.1 Å². The van der Waals surface area contributed by atoms with E-state index >= 15 is 0 Å². The lowest BCUT2D eigenvalue weighted by Crippen LogP contribution is -2.37. The molecular formula is C23H26N4O2. The first kappa shape index (κ1) is 19.2. The lowest BCUT2D eigenvalue weighted by molar-refractivity contribution is 0.399. The number of methoxy groups -OCH3 is 1. The van der Waals surface area contributed by atoms with Gasteiger partial charge in [0.05, 0.1) is 7.11 Å². The number of nitrogens with zero attached hydrogens (tertiary/aromatic N) is 3. The van der Waals surface area contributed by atoms with Crippen LogP contribution >= 0.6 is 0 Å². The summed E-state index contributed by atoms with van der Waals surface area (Å²) in [6.45, 7) is 1.78. The van der Waals surface area contributed by atoms with Gasteiger partial charge in [-0.25, -0.2) is 0 Å². The zero-order chi connectivity index (χ0) is 20.1. The molecule has 4 rings (SSSR count). The number of piperidine rings is 1. The highest BCUT2D eigenvalue weighted by atomic mass is 16.5. The zero-order valence-corrected chi connectivity index (χ0v) is 16.7. The Kier molecular flexibility index (Phi) is 5.89. The van der Waals surface area contributed by atoms with Gasteiger partial charge in [0.1, 0.15) is 11.4 Å². The molecule has 6 heteroatoms. The maximum atomic E-state index is 12.5. The molecule has 0 unspecified atom stereocenters. The van der Waals surface area contributed by atoms with Crippen LogP contribution in [0.3, 0.4) is 0 Å². The van der Waals surface area contributed by atoms with Gasteiger partial charge in [-0.05, 0) is 48.4 Å². The van der Waals surface area contributed by atoms with Crippen molar-refractivity contribution in [3.63, 3.8) is 0 Å². The van der Waals surface area contributed by atoms with Gasteiger partial charge in [0, 0.05) is 19.5 Å². The Morgan fingerprint density at radius 2 is 1.72 bits per heavy atom. The van der Waals surface area contributed by atoms with Crippen molar-refractivity contribution in [2.24, 2.45) is 5.92 Å². The molecule has 2 heterocycles. The van der Waals surface area contributed by atoms with E-state index < -0.39 is 0 Å². The largest absolute Gasteiger partial charge is 0.497 e. The second-order valence-electron chi connectivity index (χ2n) is 7.57. The first-order chi connectivity index (χ1) is 14.2. The van der Waals surface area contributed by atoms with Crippen molar-refractivity contribution in [1.82, 2.24) is 15.2 Å². The maximum absolute atomic E-state index is 12.5. The number of hydrogen-bond donors (Lipinski definition) is 1. The Bertz CT molecular complexity index is 978. The molecule has 2 aromatic carbocycles. The standard InChI is InChI=1S/C23H26N4O2/c1-29-20-9-7-18(8-10-20)16-21-22(28)24-23(26-25-21)27-13-11-19(12-14-27)15-17-5-3-2-4-6-17/h2-10,19H,11-16H2,1H3,(H,24,26,28). The Balaban J connectivity index is 1.36. The molecule has 6 nitrogen and oxygen atoms in total. The SMILES string of the molecule is COc1ccc(Cc2nnc(N3CCC(Cc4ccccc4)CC3)[nH]c2=O)cc1. The van der Waals surface area contributed by atoms with Crippen LogP contribution in [0.15, 0.2) is 59.4 Å². The molecule has 0 spiro atoms. The minimum Gasteiger partial charge on any atom is -0.497 e. The number of ether oxygens (including phenoxy) is 1. The Morgan fingerprint density at radius 3 is 2.38 bits per heavy atom. The summed E-state index contributed by atoms with van der Waals surface area (Å²) in [5, 5.41) is 8.51. The minimum absolute atomic E-state index is 0.169. The van der Waals surface area contributed by atoms with Crippen LogP contribution in [0.1, 0.15) is 29.7 Å². The summed E-state index contributed by atoms with van der Waals surface area (Å²) < 4.78 is 5.17. The monoisotopic (exact) mass is 390 g/mol. The van der Waals surface area contributed by atoms with E-state index in [-0.39, 0.29) is 5.56 Å². The summed E-state index contributed by atoms with van der Waals surface area (Å²) in [6, 6.07) is 18.3. The van der Waals surface area contributed by atoms with Gasteiger partial charge in [0.2, 0.25) is 5.95 Å². The van der Waals surface area contributed by atoms with E-state index in [0.29, 0.717) is 24.0 Å². The first-order valence-electron chi connectivity index (χ1n) is 10.1. The van der Waals surface area contributed by atoms with Gasteiger partial charge in [-0.2, -0.15) is 0 Å². The molecule has 0 amide bonds. The molecule has 0 atom stereocenters. The van der Waals surface area contributed by atoms with Gasteiger partial charge in [0.25, 0.3) is 5.56 Å².